The zero-order valence-electron chi connectivity index (χ0n) is 9.79. The molecule has 1 aromatic carbocycles. The van der Waals surface area contributed by atoms with Crippen LogP contribution >= 0.6 is 11.6 Å². The van der Waals surface area contributed by atoms with E-state index in [4.69, 9.17) is 16.0 Å². The molecule has 0 saturated carbocycles. The second-order valence-electron chi connectivity index (χ2n) is 4.71. The van der Waals surface area contributed by atoms with Crippen LogP contribution < -0.4 is 0 Å². The number of rotatable bonds is 2. The van der Waals surface area contributed by atoms with Crippen LogP contribution in [0.15, 0.2) is 28.7 Å². The van der Waals surface area contributed by atoms with E-state index in [1.54, 1.807) is 0 Å². The molecule has 1 aromatic heterocycles. The van der Waals surface area contributed by atoms with Gasteiger partial charge in [-0.1, -0.05) is 30.2 Å². The summed E-state index contributed by atoms with van der Waals surface area (Å²) < 4.78 is 5.83. The Morgan fingerprint density at radius 3 is 2.76 bits per heavy atom. The Labute approximate surface area is 106 Å². The summed E-state index contributed by atoms with van der Waals surface area (Å²) in [5, 5.41) is 1.80. The number of piperidine rings is 1. The van der Waals surface area contributed by atoms with Crippen LogP contribution in [0.3, 0.4) is 0 Å². The molecule has 0 amide bonds. The number of para-hydroxylation sites is 1. The summed E-state index contributed by atoms with van der Waals surface area (Å²) in [6.45, 7) is 3.28. The van der Waals surface area contributed by atoms with Gasteiger partial charge < -0.3 is 4.42 Å². The van der Waals surface area contributed by atoms with E-state index in [1.165, 1.54) is 32.4 Å². The highest BCUT2D eigenvalue weighted by molar-refractivity contribution is 6.34. The normalized spacial score (nSPS) is 17.7. The SMILES string of the molecule is Clc1cccc2cc(CN3CCCCC3)oc12. The Morgan fingerprint density at radius 2 is 2.00 bits per heavy atom. The molecule has 3 rings (SSSR count). The summed E-state index contributed by atoms with van der Waals surface area (Å²) >= 11 is 6.11. The zero-order valence-corrected chi connectivity index (χ0v) is 10.5. The molecular weight excluding hydrogens is 234 g/mol. The van der Waals surface area contributed by atoms with E-state index < -0.39 is 0 Å². The number of halogens is 1. The van der Waals surface area contributed by atoms with Crippen LogP contribution in [-0.2, 0) is 6.54 Å². The van der Waals surface area contributed by atoms with Gasteiger partial charge in [0.2, 0.25) is 0 Å². The largest absolute Gasteiger partial charge is 0.458 e. The molecule has 2 nitrogen and oxygen atoms in total. The Balaban J connectivity index is 1.83. The molecule has 90 valence electrons. The molecule has 17 heavy (non-hydrogen) atoms. The minimum atomic E-state index is 0.701. The lowest BCUT2D eigenvalue weighted by Gasteiger charge is -2.25. The quantitative estimate of drug-likeness (QED) is 0.798. The summed E-state index contributed by atoms with van der Waals surface area (Å²) in [4.78, 5) is 2.45. The van der Waals surface area contributed by atoms with Crippen LogP contribution in [0.25, 0.3) is 11.0 Å². The van der Waals surface area contributed by atoms with Crippen LogP contribution in [0.5, 0.6) is 0 Å². The van der Waals surface area contributed by atoms with Crippen LogP contribution in [-0.4, -0.2) is 18.0 Å². The average Bonchev–Trinajstić information content (AvgIpc) is 2.74. The van der Waals surface area contributed by atoms with Gasteiger partial charge in [0.05, 0.1) is 11.6 Å². The van der Waals surface area contributed by atoms with Crippen LogP contribution in [0.2, 0.25) is 5.02 Å². The van der Waals surface area contributed by atoms with Gasteiger partial charge in [-0.2, -0.15) is 0 Å². The summed E-state index contributed by atoms with van der Waals surface area (Å²) in [6, 6.07) is 7.99. The first-order valence-electron chi connectivity index (χ1n) is 6.22. The van der Waals surface area contributed by atoms with Crippen molar-refractivity contribution in [3.8, 4) is 0 Å². The molecule has 0 radical (unpaired) electrons. The lowest BCUT2D eigenvalue weighted by atomic mass is 10.1. The van der Waals surface area contributed by atoms with Gasteiger partial charge in [0.15, 0.2) is 5.58 Å². The predicted octanol–water partition coefficient (Wildman–Crippen LogP) is 4.07. The first-order valence-corrected chi connectivity index (χ1v) is 6.60. The van der Waals surface area contributed by atoms with E-state index in [9.17, 15) is 0 Å². The number of likely N-dealkylation sites (tertiary alicyclic amines) is 1. The third-order valence-electron chi connectivity index (χ3n) is 3.38. The van der Waals surface area contributed by atoms with Crippen molar-refractivity contribution in [3.05, 3.63) is 35.0 Å². The van der Waals surface area contributed by atoms with E-state index in [-0.39, 0.29) is 0 Å². The molecule has 1 saturated heterocycles. The topological polar surface area (TPSA) is 16.4 Å². The summed E-state index contributed by atoms with van der Waals surface area (Å²) in [7, 11) is 0. The number of furan rings is 1. The number of nitrogens with zero attached hydrogens (tertiary/aromatic N) is 1. The second-order valence-corrected chi connectivity index (χ2v) is 5.11. The maximum atomic E-state index is 6.11. The van der Waals surface area contributed by atoms with Crippen molar-refractivity contribution in [2.24, 2.45) is 0 Å². The van der Waals surface area contributed by atoms with Gasteiger partial charge in [0, 0.05) is 5.39 Å². The Morgan fingerprint density at radius 1 is 1.18 bits per heavy atom. The van der Waals surface area contributed by atoms with Crippen molar-refractivity contribution >= 4 is 22.6 Å². The van der Waals surface area contributed by atoms with Crippen molar-refractivity contribution in [3.63, 3.8) is 0 Å². The third kappa shape index (κ3) is 2.33. The maximum Gasteiger partial charge on any atom is 0.152 e. The smallest absolute Gasteiger partial charge is 0.152 e. The highest BCUT2D eigenvalue weighted by atomic mass is 35.5. The van der Waals surface area contributed by atoms with Crippen molar-refractivity contribution in [2.75, 3.05) is 13.1 Å². The van der Waals surface area contributed by atoms with Crippen LogP contribution in [0, 0.1) is 0 Å². The standard InChI is InChI=1S/C14H16ClNO/c15-13-6-4-5-11-9-12(17-14(11)13)10-16-7-2-1-3-8-16/h4-6,9H,1-3,7-8,10H2. The summed E-state index contributed by atoms with van der Waals surface area (Å²) in [5.41, 5.74) is 0.821. The lowest BCUT2D eigenvalue weighted by molar-refractivity contribution is 0.207. The summed E-state index contributed by atoms with van der Waals surface area (Å²) in [5.74, 6) is 1.02. The fourth-order valence-corrected chi connectivity index (χ4v) is 2.72. The Kier molecular flexibility index (Phi) is 3.08. The van der Waals surface area contributed by atoms with Crippen molar-refractivity contribution in [2.45, 2.75) is 25.8 Å². The molecule has 3 heteroatoms. The van der Waals surface area contributed by atoms with Gasteiger partial charge >= 0.3 is 0 Å². The first-order chi connectivity index (χ1) is 8.33. The summed E-state index contributed by atoms with van der Waals surface area (Å²) in [6.07, 6.45) is 3.98. The van der Waals surface area contributed by atoms with Crippen LogP contribution in [0.1, 0.15) is 25.0 Å². The van der Waals surface area contributed by atoms with E-state index in [1.807, 2.05) is 18.2 Å². The Hall–Kier alpha value is -0.990. The second kappa shape index (κ2) is 4.71. The Bertz CT molecular complexity index is 514. The van der Waals surface area contributed by atoms with Gasteiger partial charge in [-0.15, -0.1) is 0 Å². The van der Waals surface area contributed by atoms with Gasteiger partial charge in [-0.05, 0) is 38.1 Å². The highest BCUT2D eigenvalue weighted by Crippen LogP contribution is 2.27. The van der Waals surface area contributed by atoms with Crippen LogP contribution in [0.4, 0.5) is 0 Å². The minimum Gasteiger partial charge on any atom is -0.458 e. The molecule has 2 heterocycles. The fraction of sp³-hybridized carbons (Fsp3) is 0.429. The van der Waals surface area contributed by atoms with Crippen molar-refractivity contribution in [1.82, 2.24) is 4.90 Å². The van der Waals surface area contributed by atoms with E-state index >= 15 is 0 Å². The molecule has 1 aliphatic rings. The van der Waals surface area contributed by atoms with E-state index in [0.29, 0.717) is 5.02 Å². The van der Waals surface area contributed by atoms with E-state index in [2.05, 4.69) is 11.0 Å². The predicted molar refractivity (Wildman–Crippen MR) is 70.4 cm³/mol. The van der Waals surface area contributed by atoms with Gasteiger partial charge in [0.25, 0.3) is 0 Å². The molecule has 2 aromatic rings. The van der Waals surface area contributed by atoms with Gasteiger partial charge in [0.1, 0.15) is 5.76 Å². The molecule has 0 aliphatic carbocycles. The number of benzene rings is 1. The van der Waals surface area contributed by atoms with E-state index in [0.717, 1.165) is 23.3 Å². The zero-order chi connectivity index (χ0) is 11.7. The number of hydrogen-bond acceptors (Lipinski definition) is 2. The lowest BCUT2D eigenvalue weighted by Crippen LogP contribution is -2.28. The number of fused-ring (bicyclic) bond motifs is 1. The monoisotopic (exact) mass is 249 g/mol. The molecular formula is C14H16ClNO. The first kappa shape index (κ1) is 11.1. The molecule has 1 aliphatic heterocycles. The van der Waals surface area contributed by atoms with Crippen molar-refractivity contribution < 1.29 is 4.42 Å². The third-order valence-corrected chi connectivity index (χ3v) is 3.67. The van der Waals surface area contributed by atoms with Crippen molar-refractivity contribution in [1.29, 1.82) is 0 Å². The molecule has 0 spiro atoms. The molecule has 0 N–H and O–H groups in total. The minimum absolute atomic E-state index is 0.701. The van der Waals surface area contributed by atoms with Gasteiger partial charge in [-0.25, -0.2) is 0 Å². The molecule has 0 atom stereocenters. The average molecular weight is 250 g/mol. The fourth-order valence-electron chi connectivity index (χ4n) is 2.50. The molecule has 0 bridgehead atoms. The number of hydrogen-bond donors (Lipinski definition) is 0. The molecule has 0 unspecified atom stereocenters. The highest BCUT2D eigenvalue weighted by Gasteiger charge is 2.13. The molecule has 1 fully saturated rings. The maximum absolute atomic E-state index is 6.11. The van der Waals surface area contributed by atoms with Gasteiger partial charge in [-0.3, -0.25) is 4.90 Å².